The number of carbonyl (C=O) groups is 2. The summed E-state index contributed by atoms with van der Waals surface area (Å²) in [6.45, 7) is 7.09. The Kier molecular flexibility index (Phi) is 10.2. The zero-order chi connectivity index (χ0) is 24.4. The molecule has 1 unspecified atom stereocenters. The topological polar surface area (TPSA) is 126 Å². The van der Waals surface area contributed by atoms with Gasteiger partial charge in [-0.2, -0.15) is 5.26 Å². The summed E-state index contributed by atoms with van der Waals surface area (Å²) in [5, 5.41) is 34.3. The van der Waals surface area contributed by atoms with Crippen molar-refractivity contribution in [2.24, 2.45) is 11.3 Å². The summed E-state index contributed by atoms with van der Waals surface area (Å²) in [4.78, 5) is 27.3. The molecule has 3 amide bonds. The van der Waals surface area contributed by atoms with E-state index in [0.29, 0.717) is 13.0 Å². The fraction of sp³-hybridized carbons (Fsp3) is 0.625. The third kappa shape index (κ3) is 9.07. The van der Waals surface area contributed by atoms with Gasteiger partial charge >= 0.3 is 13.1 Å². The quantitative estimate of drug-likeness (QED) is 0.424. The molecule has 0 radical (unpaired) electrons. The first-order valence-electron chi connectivity index (χ1n) is 11.7. The number of rotatable bonds is 9. The van der Waals surface area contributed by atoms with Gasteiger partial charge < -0.3 is 25.6 Å². The molecule has 1 fully saturated rings. The lowest BCUT2D eigenvalue weighted by molar-refractivity contribution is -0.137. The SMILES string of the molecule is CC(C)(C)CCC(C#N)C(=O)N1CCCC[C@H]1CNC(=O)N[C@@H](Cc1ccccc1)B(O)O. The van der Waals surface area contributed by atoms with Crippen LogP contribution < -0.4 is 10.6 Å². The van der Waals surface area contributed by atoms with Crippen molar-refractivity contribution in [3.8, 4) is 6.07 Å². The lowest BCUT2D eigenvalue weighted by Crippen LogP contribution is -2.55. The number of hydrogen-bond donors (Lipinski definition) is 4. The maximum absolute atomic E-state index is 13.1. The van der Waals surface area contributed by atoms with E-state index in [1.54, 1.807) is 4.90 Å². The maximum Gasteiger partial charge on any atom is 0.475 e. The second-order valence-corrected chi connectivity index (χ2v) is 10.0. The lowest BCUT2D eigenvalue weighted by Gasteiger charge is -2.37. The molecule has 0 aromatic heterocycles. The summed E-state index contributed by atoms with van der Waals surface area (Å²) >= 11 is 0. The van der Waals surface area contributed by atoms with Crippen LogP contribution in [0.3, 0.4) is 0 Å². The van der Waals surface area contributed by atoms with Crippen LogP contribution >= 0.6 is 0 Å². The van der Waals surface area contributed by atoms with E-state index in [2.05, 4.69) is 37.5 Å². The van der Waals surface area contributed by atoms with E-state index in [1.807, 2.05) is 30.3 Å². The second kappa shape index (κ2) is 12.6. The summed E-state index contributed by atoms with van der Waals surface area (Å²) in [5.41, 5.74) is 0.918. The van der Waals surface area contributed by atoms with E-state index >= 15 is 0 Å². The molecule has 1 heterocycles. The Balaban J connectivity index is 1.93. The highest BCUT2D eigenvalue weighted by Crippen LogP contribution is 2.26. The molecule has 33 heavy (non-hydrogen) atoms. The van der Waals surface area contributed by atoms with Crippen molar-refractivity contribution in [1.82, 2.24) is 15.5 Å². The molecule has 0 saturated carbocycles. The highest BCUT2D eigenvalue weighted by atomic mass is 16.4. The zero-order valence-corrected chi connectivity index (χ0v) is 20.0. The smallest absolute Gasteiger partial charge is 0.426 e. The highest BCUT2D eigenvalue weighted by Gasteiger charge is 2.33. The van der Waals surface area contributed by atoms with Crippen LogP contribution in [0.1, 0.15) is 58.4 Å². The van der Waals surface area contributed by atoms with Crippen LogP contribution in [-0.2, 0) is 11.2 Å². The van der Waals surface area contributed by atoms with Crippen LogP contribution in [0.2, 0.25) is 0 Å². The molecule has 2 rings (SSSR count). The number of hydrogen-bond acceptors (Lipinski definition) is 5. The van der Waals surface area contributed by atoms with Crippen molar-refractivity contribution in [3.63, 3.8) is 0 Å². The molecule has 180 valence electrons. The van der Waals surface area contributed by atoms with Gasteiger partial charge in [0.15, 0.2) is 0 Å². The van der Waals surface area contributed by atoms with Crippen molar-refractivity contribution in [2.75, 3.05) is 13.1 Å². The van der Waals surface area contributed by atoms with Gasteiger partial charge in [-0.05, 0) is 49.5 Å². The van der Waals surface area contributed by atoms with Crippen LogP contribution in [0.15, 0.2) is 30.3 Å². The number of likely N-dealkylation sites (tertiary alicyclic amines) is 1. The van der Waals surface area contributed by atoms with Crippen LogP contribution in [0.4, 0.5) is 4.79 Å². The average Bonchev–Trinajstić information content (AvgIpc) is 2.77. The van der Waals surface area contributed by atoms with Crippen molar-refractivity contribution in [2.45, 2.75) is 71.3 Å². The van der Waals surface area contributed by atoms with Gasteiger partial charge in [0, 0.05) is 19.1 Å². The Hall–Kier alpha value is -2.57. The fourth-order valence-corrected chi connectivity index (χ4v) is 4.05. The minimum Gasteiger partial charge on any atom is -0.426 e. The van der Waals surface area contributed by atoms with E-state index in [-0.39, 0.29) is 30.3 Å². The Morgan fingerprint density at radius 3 is 2.55 bits per heavy atom. The first kappa shape index (κ1) is 26.7. The van der Waals surface area contributed by atoms with E-state index in [4.69, 9.17) is 0 Å². The number of carbonyl (C=O) groups excluding carboxylic acids is 2. The standard InChI is InChI=1S/C24H37BN4O4/c1-24(2,3)13-12-19(16-26)22(30)29-14-8-7-11-20(29)17-27-23(31)28-21(25(32)33)15-18-9-5-4-6-10-18/h4-6,9-10,19-21,32-33H,7-8,11-15,17H2,1-3H3,(H2,27,28,31)/t19?,20-,21-/m0/s1. The average molecular weight is 456 g/mol. The summed E-state index contributed by atoms with van der Waals surface area (Å²) < 4.78 is 0. The first-order valence-corrected chi connectivity index (χ1v) is 11.7. The number of benzene rings is 1. The maximum atomic E-state index is 13.1. The summed E-state index contributed by atoms with van der Waals surface area (Å²) in [6.07, 6.45) is 4.15. The molecule has 0 aliphatic carbocycles. The molecule has 1 aliphatic heterocycles. The first-order chi connectivity index (χ1) is 15.6. The molecular weight excluding hydrogens is 419 g/mol. The van der Waals surface area contributed by atoms with Gasteiger partial charge in [0.2, 0.25) is 5.91 Å². The number of urea groups is 1. The predicted molar refractivity (Wildman–Crippen MR) is 128 cm³/mol. The monoisotopic (exact) mass is 456 g/mol. The second-order valence-electron chi connectivity index (χ2n) is 10.0. The van der Waals surface area contributed by atoms with Gasteiger partial charge in [-0.25, -0.2) is 4.79 Å². The number of nitriles is 1. The number of amides is 3. The van der Waals surface area contributed by atoms with Crippen molar-refractivity contribution in [1.29, 1.82) is 5.26 Å². The van der Waals surface area contributed by atoms with E-state index < -0.39 is 25.0 Å². The molecule has 9 heteroatoms. The van der Waals surface area contributed by atoms with Crippen LogP contribution in [0.25, 0.3) is 0 Å². The minimum atomic E-state index is -1.71. The van der Waals surface area contributed by atoms with Gasteiger partial charge in [-0.1, -0.05) is 51.1 Å². The molecule has 0 bridgehead atoms. The van der Waals surface area contributed by atoms with Crippen molar-refractivity contribution < 1.29 is 19.6 Å². The third-order valence-electron chi connectivity index (χ3n) is 6.02. The lowest BCUT2D eigenvalue weighted by atomic mass is 9.76. The Bertz CT molecular complexity index is 807. The molecule has 8 nitrogen and oxygen atoms in total. The van der Waals surface area contributed by atoms with Crippen molar-refractivity contribution in [3.05, 3.63) is 35.9 Å². The Labute approximate surface area is 197 Å². The summed E-state index contributed by atoms with van der Waals surface area (Å²) in [7, 11) is -1.71. The third-order valence-corrected chi connectivity index (χ3v) is 6.02. The van der Waals surface area contributed by atoms with Crippen LogP contribution in [0, 0.1) is 22.7 Å². The summed E-state index contributed by atoms with van der Waals surface area (Å²) in [5.74, 6) is -1.71. The van der Waals surface area contributed by atoms with Crippen molar-refractivity contribution >= 4 is 19.1 Å². The largest absolute Gasteiger partial charge is 0.475 e. The highest BCUT2D eigenvalue weighted by molar-refractivity contribution is 6.43. The molecule has 0 spiro atoms. The zero-order valence-electron chi connectivity index (χ0n) is 20.0. The fourth-order valence-electron chi connectivity index (χ4n) is 4.05. The van der Waals surface area contributed by atoms with Crippen LogP contribution in [0.5, 0.6) is 0 Å². The molecule has 1 aromatic carbocycles. The van der Waals surface area contributed by atoms with Gasteiger partial charge in [-0.15, -0.1) is 0 Å². The van der Waals surface area contributed by atoms with E-state index in [1.165, 1.54) is 0 Å². The number of piperidine rings is 1. The van der Waals surface area contributed by atoms with Gasteiger partial charge in [0.1, 0.15) is 5.92 Å². The molecule has 1 aromatic rings. The molecule has 1 aliphatic rings. The van der Waals surface area contributed by atoms with Gasteiger partial charge in [0.05, 0.1) is 12.0 Å². The van der Waals surface area contributed by atoms with E-state index in [0.717, 1.165) is 31.2 Å². The predicted octanol–water partition coefficient (Wildman–Crippen LogP) is 2.26. The number of nitrogens with one attached hydrogen (secondary N) is 2. The molecule has 4 N–H and O–H groups in total. The Morgan fingerprint density at radius 2 is 1.94 bits per heavy atom. The molecule has 1 saturated heterocycles. The normalized spacial score (nSPS) is 18.1. The van der Waals surface area contributed by atoms with Crippen LogP contribution in [-0.4, -0.2) is 59.1 Å². The molecular formula is C24H37BN4O4. The minimum absolute atomic E-state index is 0.0455. The Morgan fingerprint density at radius 1 is 1.24 bits per heavy atom. The molecule has 3 atom stereocenters. The summed E-state index contributed by atoms with van der Waals surface area (Å²) in [6, 6.07) is 10.7. The van der Waals surface area contributed by atoms with Gasteiger partial charge in [0.25, 0.3) is 0 Å². The number of nitrogens with zero attached hydrogens (tertiary/aromatic N) is 2. The van der Waals surface area contributed by atoms with E-state index in [9.17, 15) is 24.9 Å². The van der Waals surface area contributed by atoms with Gasteiger partial charge in [-0.3, -0.25) is 4.79 Å².